The predicted molar refractivity (Wildman–Crippen MR) is 144 cm³/mol. The number of rotatable bonds is 8. The monoisotopic (exact) mass is 496 g/mol. The highest BCUT2D eigenvalue weighted by Crippen LogP contribution is 2.33. The van der Waals surface area contributed by atoms with Crippen molar-refractivity contribution in [1.82, 2.24) is 20.0 Å². The number of benzene rings is 2. The standard InChI is InChI=1S/C30H32N4O3/c1-2-3-18-31-28(35)23-14-12-22(13-15-23)26-25-11-7-8-19-34(25)27(32-26)29(36)33-30(16-20-37-21-17-30)24-9-5-4-6-10-24/h4-15,19H,2-3,16-18,20-21H2,1H3,(H,31,35)(H,33,36). The average Bonchev–Trinajstić information content (AvgIpc) is 3.34. The SMILES string of the molecule is CCCCNC(=O)c1ccc(-c2nc(C(=O)NC3(c4ccccc4)CCOCC3)n3ccccc23)cc1. The molecule has 7 heteroatoms. The molecule has 190 valence electrons. The smallest absolute Gasteiger partial charge is 0.288 e. The van der Waals surface area contributed by atoms with Crippen LogP contribution in [0.2, 0.25) is 0 Å². The average molecular weight is 497 g/mol. The molecule has 0 saturated carbocycles. The molecule has 7 nitrogen and oxygen atoms in total. The van der Waals surface area contributed by atoms with Gasteiger partial charge in [-0.1, -0.05) is 61.9 Å². The van der Waals surface area contributed by atoms with Crippen LogP contribution in [-0.2, 0) is 10.3 Å². The fourth-order valence-electron chi connectivity index (χ4n) is 4.91. The zero-order chi connectivity index (χ0) is 25.7. The van der Waals surface area contributed by atoms with Gasteiger partial charge in [-0.2, -0.15) is 0 Å². The minimum absolute atomic E-state index is 0.0857. The zero-order valence-electron chi connectivity index (χ0n) is 21.1. The molecule has 2 aromatic carbocycles. The van der Waals surface area contributed by atoms with E-state index in [1.165, 1.54) is 0 Å². The van der Waals surface area contributed by atoms with Crippen LogP contribution in [0.25, 0.3) is 16.8 Å². The van der Waals surface area contributed by atoms with Gasteiger partial charge in [0.05, 0.1) is 16.7 Å². The van der Waals surface area contributed by atoms with Crippen LogP contribution in [0.3, 0.4) is 0 Å². The Hall–Kier alpha value is -3.97. The topological polar surface area (TPSA) is 84.7 Å². The number of fused-ring (bicyclic) bond motifs is 1. The number of unbranched alkanes of at least 4 members (excludes halogenated alkanes) is 1. The molecular formula is C30H32N4O3. The summed E-state index contributed by atoms with van der Waals surface area (Å²) in [4.78, 5) is 31.0. The van der Waals surface area contributed by atoms with E-state index in [4.69, 9.17) is 9.72 Å². The van der Waals surface area contributed by atoms with Gasteiger partial charge in [0.25, 0.3) is 11.8 Å². The second-order valence-electron chi connectivity index (χ2n) is 9.44. The molecule has 0 bridgehead atoms. The Morgan fingerprint density at radius 2 is 1.68 bits per heavy atom. The van der Waals surface area contributed by atoms with Crippen LogP contribution < -0.4 is 10.6 Å². The second-order valence-corrected chi connectivity index (χ2v) is 9.44. The van der Waals surface area contributed by atoms with Crippen LogP contribution in [0.15, 0.2) is 79.0 Å². The molecule has 1 aliphatic heterocycles. The molecule has 0 spiro atoms. The molecule has 37 heavy (non-hydrogen) atoms. The van der Waals surface area contributed by atoms with Crippen molar-refractivity contribution in [3.63, 3.8) is 0 Å². The zero-order valence-corrected chi connectivity index (χ0v) is 21.1. The van der Waals surface area contributed by atoms with Gasteiger partial charge >= 0.3 is 0 Å². The summed E-state index contributed by atoms with van der Waals surface area (Å²) in [6.07, 6.45) is 5.23. The minimum Gasteiger partial charge on any atom is -0.381 e. The third kappa shape index (κ3) is 5.13. The molecule has 0 atom stereocenters. The van der Waals surface area contributed by atoms with Crippen LogP contribution in [-0.4, -0.2) is 41.0 Å². The summed E-state index contributed by atoms with van der Waals surface area (Å²) in [6, 6.07) is 23.2. The summed E-state index contributed by atoms with van der Waals surface area (Å²) in [5.74, 6) is 0.0105. The van der Waals surface area contributed by atoms with Gasteiger partial charge in [0.1, 0.15) is 0 Å². The first-order valence-electron chi connectivity index (χ1n) is 12.9. The third-order valence-electron chi connectivity index (χ3n) is 7.01. The Labute approximate surface area is 216 Å². The van der Waals surface area contributed by atoms with Gasteiger partial charge in [-0.05, 0) is 49.1 Å². The molecule has 3 heterocycles. The predicted octanol–water partition coefficient (Wildman–Crippen LogP) is 4.97. The molecule has 2 aromatic heterocycles. The number of nitrogens with zero attached hydrogens (tertiary/aromatic N) is 2. The molecule has 0 aliphatic carbocycles. The Kier molecular flexibility index (Phi) is 7.32. The van der Waals surface area contributed by atoms with E-state index in [9.17, 15) is 9.59 Å². The van der Waals surface area contributed by atoms with Crippen LogP contribution >= 0.6 is 0 Å². The molecule has 2 amide bonds. The Morgan fingerprint density at radius 3 is 2.41 bits per heavy atom. The largest absolute Gasteiger partial charge is 0.381 e. The number of imidazole rings is 1. The number of carbonyl (C=O) groups excluding carboxylic acids is 2. The van der Waals surface area contributed by atoms with Crippen molar-refractivity contribution in [3.05, 3.63) is 95.9 Å². The lowest BCUT2D eigenvalue weighted by molar-refractivity contribution is 0.0342. The summed E-state index contributed by atoms with van der Waals surface area (Å²) in [6.45, 7) is 3.93. The maximum absolute atomic E-state index is 13.7. The van der Waals surface area contributed by atoms with Gasteiger partial charge < -0.3 is 15.4 Å². The molecule has 1 aliphatic rings. The summed E-state index contributed by atoms with van der Waals surface area (Å²) in [5, 5.41) is 6.26. The Balaban J connectivity index is 1.45. The van der Waals surface area contributed by atoms with Gasteiger partial charge in [-0.25, -0.2) is 4.98 Å². The molecule has 4 aromatic rings. The Morgan fingerprint density at radius 1 is 0.946 bits per heavy atom. The van der Waals surface area contributed by atoms with Crippen LogP contribution in [0, 0.1) is 0 Å². The lowest BCUT2D eigenvalue weighted by atomic mass is 9.82. The maximum Gasteiger partial charge on any atom is 0.288 e. The second kappa shape index (κ2) is 11.0. The van der Waals surface area contributed by atoms with Crippen molar-refractivity contribution in [2.24, 2.45) is 0 Å². The summed E-state index contributed by atoms with van der Waals surface area (Å²) in [5.41, 5.74) is 3.53. The number of hydrogen-bond acceptors (Lipinski definition) is 4. The number of amides is 2. The number of hydrogen-bond donors (Lipinski definition) is 2. The van der Waals surface area contributed by atoms with Gasteiger partial charge in [0, 0.05) is 37.1 Å². The highest BCUT2D eigenvalue weighted by molar-refractivity contribution is 5.96. The van der Waals surface area contributed by atoms with Crippen LogP contribution in [0.5, 0.6) is 0 Å². The number of pyridine rings is 1. The van der Waals surface area contributed by atoms with Crippen molar-refractivity contribution < 1.29 is 14.3 Å². The molecule has 5 rings (SSSR count). The summed E-state index contributed by atoms with van der Waals surface area (Å²) in [7, 11) is 0. The van der Waals surface area contributed by atoms with E-state index in [1.807, 2.05) is 59.1 Å². The molecule has 0 radical (unpaired) electrons. The van der Waals surface area contributed by atoms with Gasteiger partial charge in [-0.15, -0.1) is 0 Å². The fourth-order valence-corrected chi connectivity index (χ4v) is 4.91. The van der Waals surface area contributed by atoms with Crippen molar-refractivity contribution in [3.8, 4) is 11.3 Å². The number of carbonyl (C=O) groups is 2. The van der Waals surface area contributed by atoms with Crippen molar-refractivity contribution >= 4 is 17.3 Å². The van der Waals surface area contributed by atoms with E-state index < -0.39 is 5.54 Å². The molecular weight excluding hydrogens is 464 g/mol. The quantitative estimate of drug-likeness (QED) is 0.338. The maximum atomic E-state index is 13.7. The van der Waals surface area contributed by atoms with E-state index in [2.05, 4.69) is 29.7 Å². The lowest BCUT2D eigenvalue weighted by Gasteiger charge is -2.38. The van der Waals surface area contributed by atoms with E-state index in [0.717, 1.165) is 29.5 Å². The van der Waals surface area contributed by atoms with Crippen molar-refractivity contribution in [1.29, 1.82) is 0 Å². The van der Waals surface area contributed by atoms with Crippen LogP contribution in [0.1, 0.15) is 59.1 Å². The number of nitrogens with one attached hydrogen (secondary N) is 2. The van der Waals surface area contributed by atoms with Crippen LogP contribution in [0.4, 0.5) is 0 Å². The van der Waals surface area contributed by atoms with Gasteiger partial charge in [-0.3, -0.25) is 14.0 Å². The first kappa shape index (κ1) is 24.7. The minimum atomic E-state index is -0.510. The first-order chi connectivity index (χ1) is 18.1. The van der Waals surface area contributed by atoms with E-state index in [0.29, 0.717) is 49.7 Å². The third-order valence-corrected chi connectivity index (χ3v) is 7.01. The summed E-state index contributed by atoms with van der Waals surface area (Å²) < 4.78 is 7.45. The van der Waals surface area contributed by atoms with Crippen molar-refractivity contribution in [2.45, 2.75) is 38.1 Å². The Bertz CT molecular complexity index is 1370. The van der Waals surface area contributed by atoms with Crippen molar-refractivity contribution in [2.75, 3.05) is 19.8 Å². The van der Waals surface area contributed by atoms with Gasteiger partial charge in [0.2, 0.25) is 5.82 Å². The lowest BCUT2D eigenvalue weighted by Crippen LogP contribution is -2.49. The highest BCUT2D eigenvalue weighted by atomic mass is 16.5. The molecule has 1 fully saturated rings. The van der Waals surface area contributed by atoms with E-state index in [-0.39, 0.29) is 11.8 Å². The van der Waals surface area contributed by atoms with E-state index >= 15 is 0 Å². The summed E-state index contributed by atoms with van der Waals surface area (Å²) >= 11 is 0. The van der Waals surface area contributed by atoms with E-state index in [1.54, 1.807) is 12.1 Å². The van der Waals surface area contributed by atoms with Gasteiger partial charge in [0.15, 0.2) is 0 Å². The fraction of sp³-hybridized carbons (Fsp3) is 0.300. The molecule has 2 N–H and O–H groups in total. The number of aromatic nitrogens is 2. The highest BCUT2D eigenvalue weighted by Gasteiger charge is 2.37. The molecule has 1 saturated heterocycles. The first-order valence-corrected chi connectivity index (χ1v) is 12.9. The molecule has 0 unspecified atom stereocenters. The normalized spacial score (nSPS) is 14.8. The number of ether oxygens (including phenoxy) is 1.